The van der Waals surface area contributed by atoms with Gasteiger partial charge in [0.15, 0.2) is 0 Å². The van der Waals surface area contributed by atoms with Crippen molar-refractivity contribution in [3.8, 4) is 0 Å². The fourth-order valence-corrected chi connectivity index (χ4v) is 1.56. The number of aromatic nitrogens is 2. The van der Waals surface area contributed by atoms with Gasteiger partial charge < -0.3 is 5.11 Å². The topological polar surface area (TPSA) is 64.2 Å². The normalized spacial score (nSPS) is 10.6. The highest BCUT2D eigenvalue weighted by atomic mass is 16.4. The smallest absolute Gasteiger partial charge is 0.328 e. The molecule has 0 amide bonds. The van der Waals surface area contributed by atoms with Crippen molar-refractivity contribution in [2.75, 3.05) is 0 Å². The number of imidazole rings is 1. The molecule has 0 saturated heterocycles. The Kier molecular flexibility index (Phi) is 3.34. The van der Waals surface area contributed by atoms with Crippen molar-refractivity contribution < 1.29 is 9.90 Å². The lowest BCUT2D eigenvalue weighted by Crippen LogP contribution is -2.23. The van der Waals surface area contributed by atoms with E-state index in [4.69, 9.17) is 5.11 Å². The molecule has 0 aliphatic heterocycles. The number of rotatable bonds is 4. The standard InChI is InChI=1S/C10H16N2O3/c1-7-8(2)12(10(15)11(7)3)6-4-5-9(13)14/h4-6H2,1-3H3,(H,13,14). The van der Waals surface area contributed by atoms with Crippen LogP contribution >= 0.6 is 0 Å². The second-order valence-electron chi connectivity index (χ2n) is 3.66. The highest BCUT2D eigenvalue weighted by Crippen LogP contribution is 2.04. The molecule has 0 aromatic carbocycles. The van der Waals surface area contributed by atoms with Crippen molar-refractivity contribution >= 4 is 5.97 Å². The molecule has 1 N–H and O–H groups in total. The SMILES string of the molecule is Cc1c(C)n(CCCC(=O)O)c(=O)n1C. The molecule has 0 atom stereocenters. The third-order valence-corrected chi connectivity index (χ3v) is 2.72. The number of carboxylic acid groups (broad SMARTS) is 1. The largest absolute Gasteiger partial charge is 0.481 e. The molecule has 0 unspecified atom stereocenters. The Hall–Kier alpha value is -1.52. The number of hydrogen-bond donors (Lipinski definition) is 1. The second kappa shape index (κ2) is 4.33. The Morgan fingerprint density at radius 3 is 2.33 bits per heavy atom. The lowest BCUT2D eigenvalue weighted by atomic mass is 10.3. The van der Waals surface area contributed by atoms with Crippen LogP contribution < -0.4 is 5.69 Å². The van der Waals surface area contributed by atoms with Crippen molar-refractivity contribution in [2.24, 2.45) is 7.05 Å². The molecule has 1 rings (SSSR count). The molecule has 0 bridgehead atoms. The van der Waals surface area contributed by atoms with Gasteiger partial charge in [0.25, 0.3) is 0 Å². The summed E-state index contributed by atoms with van der Waals surface area (Å²) in [4.78, 5) is 22.0. The molecule has 0 fully saturated rings. The number of nitrogens with zero attached hydrogens (tertiary/aromatic N) is 2. The van der Waals surface area contributed by atoms with E-state index in [0.717, 1.165) is 11.4 Å². The molecule has 5 heteroatoms. The number of hydrogen-bond acceptors (Lipinski definition) is 2. The predicted molar refractivity (Wildman–Crippen MR) is 56.0 cm³/mol. The van der Waals surface area contributed by atoms with Gasteiger partial charge in [0.1, 0.15) is 0 Å². The van der Waals surface area contributed by atoms with Crippen molar-refractivity contribution in [1.82, 2.24) is 9.13 Å². The molecule has 1 aromatic heterocycles. The maximum Gasteiger partial charge on any atom is 0.328 e. The first kappa shape index (κ1) is 11.6. The van der Waals surface area contributed by atoms with Gasteiger partial charge in [-0.2, -0.15) is 0 Å². The summed E-state index contributed by atoms with van der Waals surface area (Å²) in [6.45, 7) is 4.22. The third-order valence-electron chi connectivity index (χ3n) is 2.72. The van der Waals surface area contributed by atoms with Gasteiger partial charge in [-0.1, -0.05) is 0 Å². The summed E-state index contributed by atoms with van der Waals surface area (Å²) >= 11 is 0. The van der Waals surface area contributed by atoms with Crippen LogP contribution in [0.5, 0.6) is 0 Å². The Bertz CT molecular complexity index is 429. The van der Waals surface area contributed by atoms with Gasteiger partial charge in [-0.15, -0.1) is 0 Å². The van der Waals surface area contributed by atoms with Crippen LogP contribution in [0.15, 0.2) is 4.79 Å². The minimum Gasteiger partial charge on any atom is -0.481 e. The van der Waals surface area contributed by atoms with Crippen molar-refractivity contribution in [1.29, 1.82) is 0 Å². The third kappa shape index (κ3) is 2.29. The number of carboxylic acids is 1. The Morgan fingerprint density at radius 2 is 1.93 bits per heavy atom. The van der Waals surface area contributed by atoms with Crippen LogP contribution in [0.25, 0.3) is 0 Å². The molecule has 0 aliphatic carbocycles. The molecule has 0 aliphatic rings. The molecule has 0 spiro atoms. The number of carbonyl (C=O) groups is 1. The van der Waals surface area contributed by atoms with E-state index in [1.165, 1.54) is 0 Å². The van der Waals surface area contributed by atoms with E-state index in [9.17, 15) is 9.59 Å². The minimum atomic E-state index is -0.826. The van der Waals surface area contributed by atoms with Gasteiger partial charge in [-0.3, -0.25) is 13.9 Å². The van der Waals surface area contributed by atoms with Crippen LogP contribution in [0.4, 0.5) is 0 Å². The van der Waals surface area contributed by atoms with Crippen molar-refractivity contribution in [3.63, 3.8) is 0 Å². The molecule has 5 nitrogen and oxygen atoms in total. The lowest BCUT2D eigenvalue weighted by Gasteiger charge is -2.02. The van der Waals surface area contributed by atoms with Crippen molar-refractivity contribution in [2.45, 2.75) is 33.2 Å². The van der Waals surface area contributed by atoms with Crippen LogP contribution in [0.3, 0.4) is 0 Å². The van der Waals surface area contributed by atoms with E-state index in [1.54, 1.807) is 16.2 Å². The first-order valence-corrected chi connectivity index (χ1v) is 4.89. The molecule has 1 aromatic rings. The molecule has 0 radical (unpaired) electrons. The van der Waals surface area contributed by atoms with Crippen molar-refractivity contribution in [3.05, 3.63) is 21.9 Å². The van der Waals surface area contributed by atoms with Gasteiger partial charge in [0.05, 0.1) is 0 Å². The highest BCUT2D eigenvalue weighted by Gasteiger charge is 2.10. The van der Waals surface area contributed by atoms with E-state index >= 15 is 0 Å². The molecule has 0 saturated carbocycles. The minimum absolute atomic E-state index is 0.0737. The molecule has 15 heavy (non-hydrogen) atoms. The summed E-state index contributed by atoms with van der Waals surface area (Å²) in [5, 5.41) is 8.50. The summed E-state index contributed by atoms with van der Waals surface area (Å²) in [6, 6.07) is 0. The van der Waals surface area contributed by atoms with Crippen LogP contribution in [-0.2, 0) is 18.4 Å². The maximum absolute atomic E-state index is 11.7. The van der Waals surface area contributed by atoms with Crippen LogP contribution in [-0.4, -0.2) is 20.2 Å². The summed E-state index contributed by atoms with van der Waals surface area (Å²) in [5.41, 5.74) is 1.76. The second-order valence-corrected chi connectivity index (χ2v) is 3.66. The van der Waals surface area contributed by atoms with Gasteiger partial charge in [-0.05, 0) is 20.3 Å². The zero-order valence-electron chi connectivity index (χ0n) is 9.28. The first-order valence-electron chi connectivity index (χ1n) is 4.89. The fraction of sp³-hybridized carbons (Fsp3) is 0.600. The summed E-state index contributed by atoms with van der Waals surface area (Å²) in [5.74, 6) is -0.826. The van der Waals surface area contributed by atoms with Crippen LogP contribution in [0.1, 0.15) is 24.2 Å². The van der Waals surface area contributed by atoms with Crippen LogP contribution in [0, 0.1) is 13.8 Å². The Morgan fingerprint density at radius 1 is 1.33 bits per heavy atom. The Labute approximate surface area is 88.0 Å². The van der Waals surface area contributed by atoms with Crippen LogP contribution in [0.2, 0.25) is 0 Å². The average molecular weight is 212 g/mol. The molecule has 1 heterocycles. The van der Waals surface area contributed by atoms with Gasteiger partial charge >= 0.3 is 11.7 Å². The average Bonchev–Trinajstić information content (AvgIpc) is 2.34. The predicted octanol–water partition coefficient (Wildman–Crippen LogP) is 0.668. The molecular weight excluding hydrogens is 196 g/mol. The maximum atomic E-state index is 11.7. The highest BCUT2D eigenvalue weighted by molar-refractivity contribution is 5.66. The summed E-state index contributed by atoms with van der Waals surface area (Å²) in [6.07, 6.45) is 0.583. The van der Waals surface area contributed by atoms with E-state index < -0.39 is 5.97 Å². The number of aliphatic carboxylic acids is 1. The Balaban J connectivity index is 2.82. The fourth-order valence-electron chi connectivity index (χ4n) is 1.56. The zero-order chi connectivity index (χ0) is 11.6. The van der Waals surface area contributed by atoms with E-state index in [-0.39, 0.29) is 12.1 Å². The zero-order valence-corrected chi connectivity index (χ0v) is 9.28. The molecule has 84 valence electrons. The van der Waals surface area contributed by atoms with E-state index in [1.807, 2.05) is 13.8 Å². The first-order chi connectivity index (χ1) is 6.95. The van der Waals surface area contributed by atoms with Gasteiger partial charge in [-0.25, -0.2) is 4.79 Å². The lowest BCUT2D eigenvalue weighted by molar-refractivity contribution is -0.137. The van der Waals surface area contributed by atoms with E-state index in [2.05, 4.69) is 0 Å². The van der Waals surface area contributed by atoms with E-state index in [0.29, 0.717) is 13.0 Å². The molecular formula is C10H16N2O3. The monoisotopic (exact) mass is 212 g/mol. The summed E-state index contributed by atoms with van der Waals surface area (Å²) < 4.78 is 3.20. The van der Waals surface area contributed by atoms with Gasteiger partial charge in [0.2, 0.25) is 0 Å². The van der Waals surface area contributed by atoms with Gasteiger partial charge in [0, 0.05) is 31.4 Å². The quantitative estimate of drug-likeness (QED) is 0.797. The summed E-state index contributed by atoms with van der Waals surface area (Å²) in [7, 11) is 1.72.